The minimum Gasteiger partial charge on any atom is -0.355 e. The van der Waals surface area contributed by atoms with Crippen LogP contribution in [0.1, 0.15) is 17.0 Å². The summed E-state index contributed by atoms with van der Waals surface area (Å²) in [6, 6.07) is 1.61. The first kappa shape index (κ1) is 17.4. The zero-order chi connectivity index (χ0) is 19.3. The number of hydrogen-bond acceptors (Lipinski definition) is 6. The van der Waals surface area contributed by atoms with Crippen molar-refractivity contribution in [1.29, 1.82) is 0 Å². The molecule has 4 rings (SSSR count). The van der Waals surface area contributed by atoms with Crippen molar-refractivity contribution in [3.8, 4) is 0 Å². The Morgan fingerprint density at radius 3 is 2.67 bits per heavy atom. The van der Waals surface area contributed by atoms with E-state index in [1.54, 1.807) is 4.52 Å². The first-order valence-electron chi connectivity index (χ1n) is 8.31. The minimum atomic E-state index is -4.58. The first-order valence-corrected chi connectivity index (χ1v) is 8.31. The molecule has 0 radical (unpaired) electrons. The van der Waals surface area contributed by atoms with Crippen molar-refractivity contribution in [2.24, 2.45) is 5.92 Å². The summed E-state index contributed by atoms with van der Waals surface area (Å²) in [4.78, 5) is 22.4. The molecule has 27 heavy (non-hydrogen) atoms. The van der Waals surface area contributed by atoms with Crippen LogP contribution >= 0.6 is 0 Å². The van der Waals surface area contributed by atoms with Crippen LogP contribution in [0.2, 0.25) is 0 Å². The molecule has 142 valence electrons. The van der Waals surface area contributed by atoms with Crippen LogP contribution in [0.25, 0.3) is 5.78 Å². The Hall–Kier alpha value is -2.98. The van der Waals surface area contributed by atoms with E-state index in [-0.39, 0.29) is 12.5 Å². The van der Waals surface area contributed by atoms with Crippen LogP contribution in [0.15, 0.2) is 23.3 Å². The molecule has 1 aliphatic heterocycles. The number of anilines is 1. The van der Waals surface area contributed by atoms with Gasteiger partial charge in [0.05, 0.1) is 6.54 Å². The smallest absolute Gasteiger partial charge is 0.355 e. The number of aryl methyl sites for hydroxylation is 1. The van der Waals surface area contributed by atoms with E-state index >= 15 is 0 Å². The van der Waals surface area contributed by atoms with Gasteiger partial charge in [0, 0.05) is 36.3 Å². The summed E-state index contributed by atoms with van der Waals surface area (Å²) in [6.07, 6.45) is -3.15. The molecule has 11 heteroatoms. The standard InChI is InChI=1S/C16H16F3N7O/c1-9-10(2)22-15-20-8-21-26(15)14(9)24-5-11(6-24)7-25-13(27)4-3-12(23-25)16(17,18)19/h3-4,8,11H,5-7H2,1-2H3. The van der Waals surface area contributed by atoms with Crippen LogP contribution in [0.4, 0.5) is 19.0 Å². The van der Waals surface area contributed by atoms with E-state index in [1.165, 1.54) is 6.33 Å². The van der Waals surface area contributed by atoms with Crippen LogP contribution in [0, 0.1) is 19.8 Å². The second kappa shape index (κ2) is 6.03. The van der Waals surface area contributed by atoms with Gasteiger partial charge in [-0.3, -0.25) is 4.79 Å². The fraction of sp³-hybridized carbons (Fsp3) is 0.438. The molecule has 0 saturated carbocycles. The number of hydrogen-bond donors (Lipinski definition) is 0. The van der Waals surface area contributed by atoms with E-state index in [2.05, 4.69) is 25.1 Å². The third kappa shape index (κ3) is 3.02. The van der Waals surface area contributed by atoms with Gasteiger partial charge in [-0.25, -0.2) is 9.67 Å². The van der Waals surface area contributed by atoms with E-state index < -0.39 is 17.4 Å². The fourth-order valence-electron chi connectivity index (χ4n) is 3.22. The lowest BCUT2D eigenvalue weighted by atomic mass is 9.99. The average molecular weight is 379 g/mol. The minimum absolute atomic E-state index is 0.00475. The number of alkyl halides is 3. The van der Waals surface area contributed by atoms with Crippen molar-refractivity contribution >= 4 is 11.6 Å². The predicted molar refractivity (Wildman–Crippen MR) is 89.5 cm³/mol. The molecule has 0 aromatic carbocycles. The summed E-state index contributed by atoms with van der Waals surface area (Å²) in [6.45, 7) is 5.10. The normalized spacial score (nSPS) is 15.4. The molecule has 1 saturated heterocycles. The van der Waals surface area contributed by atoms with Gasteiger partial charge in [0.25, 0.3) is 11.3 Å². The monoisotopic (exact) mass is 379 g/mol. The molecule has 0 spiro atoms. The lowest BCUT2D eigenvalue weighted by molar-refractivity contribution is -0.142. The highest BCUT2D eigenvalue weighted by atomic mass is 19.4. The van der Waals surface area contributed by atoms with Gasteiger partial charge in [-0.2, -0.15) is 32.9 Å². The molecular formula is C16H16F3N7O. The van der Waals surface area contributed by atoms with Crippen LogP contribution in [-0.4, -0.2) is 42.5 Å². The number of aromatic nitrogens is 6. The molecule has 3 aromatic rings. The molecular weight excluding hydrogens is 363 g/mol. The highest BCUT2D eigenvalue weighted by Crippen LogP contribution is 2.30. The van der Waals surface area contributed by atoms with E-state index in [1.807, 2.05) is 13.8 Å². The van der Waals surface area contributed by atoms with Crippen molar-refractivity contribution in [2.75, 3.05) is 18.0 Å². The van der Waals surface area contributed by atoms with Crippen molar-refractivity contribution in [2.45, 2.75) is 26.6 Å². The van der Waals surface area contributed by atoms with Crippen LogP contribution < -0.4 is 10.5 Å². The van der Waals surface area contributed by atoms with E-state index in [0.717, 1.165) is 27.8 Å². The third-order valence-corrected chi connectivity index (χ3v) is 4.72. The van der Waals surface area contributed by atoms with Crippen LogP contribution in [0.3, 0.4) is 0 Å². The Morgan fingerprint density at radius 2 is 1.96 bits per heavy atom. The van der Waals surface area contributed by atoms with Crippen molar-refractivity contribution in [3.05, 3.63) is 45.8 Å². The van der Waals surface area contributed by atoms with Crippen molar-refractivity contribution < 1.29 is 13.2 Å². The van der Waals surface area contributed by atoms with Gasteiger partial charge >= 0.3 is 6.18 Å². The summed E-state index contributed by atoms with van der Waals surface area (Å²) in [5, 5.41) is 7.65. The Kier molecular flexibility index (Phi) is 3.89. The quantitative estimate of drug-likeness (QED) is 0.685. The number of rotatable bonds is 3. The average Bonchev–Trinajstić information content (AvgIpc) is 3.01. The molecule has 0 atom stereocenters. The number of halogens is 3. The molecule has 8 nitrogen and oxygen atoms in total. The largest absolute Gasteiger partial charge is 0.435 e. The summed E-state index contributed by atoms with van der Waals surface area (Å²) in [7, 11) is 0. The van der Waals surface area contributed by atoms with Gasteiger partial charge in [-0.15, -0.1) is 0 Å². The molecule has 0 aliphatic carbocycles. The highest BCUT2D eigenvalue weighted by molar-refractivity contribution is 5.55. The molecule has 4 heterocycles. The van der Waals surface area contributed by atoms with Gasteiger partial charge in [0.2, 0.25) is 0 Å². The molecule has 3 aromatic heterocycles. The van der Waals surface area contributed by atoms with Crippen molar-refractivity contribution in [3.63, 3.8) is 0 Å². The summed E-state index contributed by atoms with van der Waals surface area (Å²) >= 11 is 0. The number of nitrogens with zero attached hydrogens (tertiary/aromatic N) is 7. The highest BCUT2D eigenvalue weighted by Gasteiger charge is 2.35. The van der Waals surface area contributed by atoms with Gasteiger partial charge in [-0.05, 0) is 19.9 Å². The summed E-state index contributed by atoms with van der Waals surface area (Å²) < 4.78 is 41.0. The third-order valence-electron chi connectivity index (χ3n) is 4.72. The molecule has 1 fully saturated rings. The van der Waals surface area contributed by atoms with Crippen molar-refractivity contribution in [1.82, 2.24) is 29.4 Å². The molecule has 0 bridgehead atoms. The molecule has 0 amide bonds. The Labute approximate surface area is 151 Å². The maximum Gasteiger partial charge on any atom is 0.435 e. The lowest BCUT2D eigenvalue weighted by Crippen LogP contribution is -2.51. The van der Waals surface area contributed by atoms with Crippen LogP contribution in [-0.2, 0) is 12.7 Å². The molecule has 0 unspecified atom stereocenters. The maximum atomic E-state index is 12.8. The fourth-order valence-corrected chi connectivity index (χ4v) is 3.22. The molecule has 1 aliphatic rings. The Bertz CT molecular complexity index is 1070. The molecule has 0 N–H and O–H groups in total. The topological polar surface area (TPSA) is 81.2 Å². The first-order chi connectivity index (χ1) is 12.7. The van der Waals surface area contributed by atoms with Gasteiger partial charge < -0.3 is 4.90 Å². The van der Waals surface area contributed by atoms with Gasteiger partial charge in [0.1, 0.15) is 12.1 Å². The summed E-state index contributed by atoms with van der Waals surface area (Å²) in [5.41, 5.74) is 0.185. The van der Waals surface area contributed by atoms with Crippen LogP contribution in [0.5, 0.6) is 0 Å². The van der Waals surface area contributed by atoms with Gasteiger partial charge in [-0.1, -0.05) is 0 Å². The zero-order valence-corrected chi connectivity index (χ0v) is 14.6. The SMILES string of the molecule is Cc1nc2ncnn2c(N2CC(Cn3nc(C(F)(F)F)ccc3=O)C2)c1C. The predicted octanol–water partition coefficient (Wildman–Crippen LogP) is 1.45. The Balaban J connectivity index is 1.54. The van der Waals surface area contributed by atoms with E-state index in [0.29, 0.717) is 24.9 Å². The zero-order valence-electron chi connectivity index (χ0n) is 14.6. The van der Waals surface area contributed by atoms with Gasteiger partial charge in [0.15, 0.2) is 5.69 Å². The second-order valence-corrected chi connectivity index (χ2v) is 6.63. The second-order valence-electron chi connectivity index (χ2n) is 6.63. The lowest BCUT2D eigenvalue weighted by Gasteiger charge is -2.41. The van der Waals surface area contributed by atoms with E-state index in [9.17, 15) is 18.0 Å². The van der Waals surface area contributed by atoms with E-state index in [4.69, 9.17) is 0 Å². The maximum absolute atomic E-state index is 12.8. The Morgan fingerprint density at radius 1 is 1.22 bits per heavy atom. The number of fused-ring (bicyclic) bond motifs is 1. The summed E-state index contributed by atoms with van der Waals surface area (Å²) in [5.74, 6) is 1.35.